The van der Waals surface area contributed by atoms with E-state index in [1.54, 1.807) is 26.8 Å². The molecule has 1 N–H and O–H groups in total. The van der Waals surface area contributed by atoms with Crippen molar-refractivity contribution in [2.24, 2.45) is 5.41 Å². The molecule has 11 heteroatoms. The maximum absolute atomic E-state index is 13.1. The van der Waals surface area contributed by atoms with Crippen molar-refractivity contribution in [3.05, 3.63) is 22.3 Å². The number of nitrogens with zero attached hydrogens (tertiary/aromatic N) is 2. The molecule has 1 saturated carbocycles. The van der Waals surface area contributed by atoms with E-state index in [-0.39, 0.29) is 19.1 Å². The van der Waals surface area contributed by atoms with E-state index in [0.717, 1.165) is 11.8 Å². The summed E-state index contributed by atoms with van der Waals surface area (Å²) in [5.74, 6) is -0.0130. The fourth-order valence-electron chi connectivity index (χ4n) is 3.70. The molecule has 1 aromatic heterocycles. The van der Waals surface area contributed by atoms with E-state index in [1.807, 2.05) is 13.0 Å². The zero-order chi connectivity index (χ0) is 22.5. The number of rotatable bonds is 5. The molecule has 0 bridgehead atoms. The van der Waals surface area contributed by atoms with Gasteiger partial charge in [-0.1, -0.05) is 6.07 Å². The highest BCUT2D eigenvalue weighted by atomic mass is 79.9. The molecule has 0 aromatic carbocycles. The number of pyridine rings is 1. The Morgan fingerprint density at radius 2 is 2.00 bits per heavy atom. The molecule has 1 aliphatic heterocycles. The molecule has 9 nitrogen and oxygen atoms in total. The average molecular weight is 504 g/mol. The van der Waals surface area contributed by atoms with Gasteiger partial charge in [0.15, 0.2) is 0 Å². The number of fused-ring (bicyclic) bond motifs is 1. The van der Waals surface area contributed by atoms with Gasteiger partial charge >= 0.3 is 6.09 Å². The third-order valence-corrected chi connectivity index (χ3v) is 6.18. The number of anilines is 1. The number of hydrogen-bond donors (Lipinski definition) is 1. The molecule has 0 unspecified atom stereocenters. The molecule has 1 aliphatic carbocycles. The van der Waals surface area contributed by atoms with Gasteiger partial charge in [-0.3, -0.25) is 13.9 Å². The zero-order valence-corrected chi connectivity index (χ0v) is 20.0. The van der Waals surface area contributed by atoms with E-state index in [0.29, 0.717) is 16.8 Å². The minimum Gasteiger partial charge on any atom is -0.444 e. The van der Waals surface area contributed by atoms with Gasteiger partial charge in [0.05, 0.1) is 12.9 Å². The van der Waals surface area contributed by atoms with Crippen LogP contribution in [0.4, 0.5) is 10.6 Å². The van der Waals surface area contributed by atoms with Crippen LogP contribution >= 0.6 is 15.9 Å². The van der Waals surface area contributed by atoms with Gasteiger partial charge < -0.3 is 10.1 Å². The fraction of sp³-hybridized carbons (Fsp3) is 0.632. The Kier molecular flexibility index (Phi) is 5.94. The molecule has 0 spiro atoms. The van der Waals surface area contributed by atoms with Crippen LogP contribution in [0.2, 0.25) is 0 Å². The van der Waals surface area contributed by atoms with Crippen molar-refractivity contribution < 1.29 is 26.9 Å². The van der Waals surface area contributed by atoms with Gasteiger partial charge in [0.25, 0.3) is 10.1 Å². The van der Waals surface area contributed by atoms with Crippen molar-refractivity contribution >= 4 is 43.9 Å². The molecule has 30 heavy (non-hydrogen) atoms. The van der Waals surface area contributed by atoms with Crippen molar-refractivity contribution in [1.29, 1.82) is 0 Å². The number of hydrogen-bond acceptors (Lipinski definition) is 7. The summed E-state index contributed by atoms with van der Waals surface area (Å²) in [7, 11) is -3.64. The van der Waals surface area contributed by atoms with Crippen LogP contribution in [-0.4, -0.2) is 60.8 Å². The van der Waals surface area contributed by atoms with Gasteiger partial charge in [-0.05, 0) is 68.1 Å². The minimum absolute atomic E-state index is 0.0757. The highest BCUT2D eigenvalue weighted by molar-refractivity contribution is 9.10. The van der Waals surface area contributed by atoms with E-state index in [1.165, 1.54) is 4.90 Å². The van der Waals surface area contributed by atoms with Crippen molar-refractivity contribution in [3.8, 4) is 0 Å². The number of aromatic nitrogens is 1. The predicted molar refractivity (Wildman–Crippen MR) is 113 cm³/mol. The van der Waals surface area contributed by atoms with E-state index in [2.05, 4.69) is 26.2 Å². The van der Waals surface area contributed by atoms with Gasteiger partial charge in [0.1, 0.15) is 22.1 Å². The van der Waals surface area contributed by atoms with E-state index in [9.17, 15) is 18.0 Å². The number of nitrogens with one attached hydrogen (secondary N) is 1. The van der Waals surface area contributed by atoms with Gasteiger partial charge in [-0.25, -0.2) is 9.78 Å². The molecule has 2 heterocycles. The van der Waals surface area contributed by atoms with Crippen LogP contribution in [-0.2, 0) is 23.8 Å². The monoisotopic (exact) mass is 503 g/mol. The third-order valence-electron chi connectivity index (χ3n) is 5.19. The van der Waals surface area contributed by atoms with Crippen molar-refractivity contribution in [2.75, 3.05) is 18.2 Å². The highest BCUT2D eigenvalue weighted by Gasteiger charge is 2.68. The lowest BCUT2D eigenvalue weighted by Gasteiger charge is -2.29. The van der Waals surface area contributed by atoms with Crippen molar-refractivity contribution in [3.63, 3.8) is 0 Å². The topological polar surface area (TPSA) is 115 Å². The highest BCUT2D eigenvalue weighted by Crippen LogP contribution is 2.60. The number of carbonyl (C=O) groups excluding carboxylic acids is 2. The summed E-state index contributed by atoms with van der Waals surface area (Å²) >= 11 is 3.28. The summed E-state index contributed by atoms with van der Waals surface area (Å²) in [6.45, 7) is 6.98. The van der Waals surface area contributed by atoms with Crippen LogP contribution in [0.3, 0.4) is 0 Å². The Labute approximate surface area is 184 Å². The van der Waals surface area contributed by atoms with Crippen LogP contribution < -0.4 is 5.32 Å². The minimum atomic E-state index is -3.64. The standard InChI is InChI=1S/C19H26BrN3O6S/c1-11-6-7-14(20)21-15(11)22-16(24)12-8-19(10-28-30(5,26)27)9-13(19)23(12)17(25)29-18(2,3)4/h6-7,12-13H,8-10H2,1-5H3,(H,21,22,24)/t12-,13-,19-/m0/s1. The summed E-state index contributed by atoms with van der Waals surface area (Å²) in [6.07, 6.45) is 1.21. The van der Waals surface area contributed by atoms with E-state index in [4.69, 9.17) is 8.92 Å². The summed E-state index contributed by atoms with van der Waals surface area (Å²) in [4.78, 5) is 31.7. The molecule has 2 fully saturated rings. The number of carbonyl (C=O) groups is 2. The number of ether oxygens (including phenoxy) is 1. The smallest absolute Gasteiger partial charge is 0.411 e. The predicted octanol–water partition coefficient (Wildman–Crippen LogP) is 2.84. The summed E-state index contributed by atoms with van der Waals surface area (Å²) in [5, 5.41) is 2.78. The maximum Gasteiger partial charge on any atom is 0.411 e. The van der Waals surface area contributed by atoms with Gasteiger partial charge in [-0.2, -0.15) is 8.42 Å². The Morgan fingerprint density at radius 3 is 2.60 bits per heavy atom. The first-order chi connectivity index (χ1) is 13.7. The molecule has 2 aliphatic rings. The molecular weight excluding hydrogens is 478 g/mol. The van der Waals surface area contributed by atoms with E-state index >= 15 is 0 Å². The van der Waals surface area contributed by atoms with Gasteiger partial charge in [0.2, 0.25) is 5.91 Å². The van der Waals surface area contributed by atoms with E-state index < -0.39 is 39.2 Å². The number of likely N-dealkylation sites (tertiary alicyclic amines) is 1. The second kappa shape index (κ2) is 7.76. The molecule has 2 amide bonds. The van der Waals surface area contributed by atoms with Crippen LogP contribution in [0.25, 0.3) is 0 Å². The molecule has 166 valence electrons. The number of amides is 2. The average Bonchev–Trinajstić information content (AvgIpc) is 3.18. The normalized spacial score (nSPS) is 25.6. The number of piperidine rings is 1. The van der Waals surface area contributed by atoms with Crippen LogP contribution in [0.1, 0.15) is 39.2 Å². The Bertz CT molecular complexity index is 977. The third kappa shape index (κ3) is 5.12. The van der Waals surface area contributed by atoms with Crippen molar-refractivity contribution in [2.45, 2.75) is 58.2 Å². The van der Waals surface area contributed by atoms with Gasteiger partial charge in [-0.15, -0.1) is 0 Å². The molecule has 3 atom stereocenters. The number of aryl methyl sites for hydroxylation is 1. The van der Waals surface area contributed by atoms with Crippen LogP contribution in [0.5, 0.6) is 0 Å². The van der Waals surface area contributed by atoms with Crippen LogP contribution in [0.15, 0.2) is 16.7 Å². The Morgan fingerprint density at radius 1 is 1.33 bits per heavy atom. The largest absolute Gasteiger partial charge is 0.444 e. The fourth-order valence-corrected chi connectivity index (χ4v) is 4.46. The van der Waals surface area contributed by atoms with Crippen molar-refractivity contribution in [1.82, 2.24) is 9.88 Å². The van der Waals surface area contributed by atoms with Crippen LogP contribution in [0, 0.1) is 12.3 Å². The molecule has 0 radical (unpaired) electrons. The number of halogens is 1. The lowest BCUT2D eigenvalue weighted by Crippen LogP contribution is -2.47. The second-order valence-corrected chi connectivity index (χ2v) is 11.4. The molecule has 3 rings (SSSR count). The summed E-state index contributed by atoms with van der Waals surface area (Å²) < 4.78 is 34.0. The summed E-state index contributed by atoms with van der Waals surface area (Å²) in [6, 6.07) is 2.44. The Hall–Kier alpha value is -1.72. The molecular formula is C19H26BrN3O6S. The lowest BCUT2D eigenvalue weighted by atomic mass is 10.0. The first-order valence-corrected chi connectivity index (χ1v) is 12.1. The SMILES string of the molecule is Cc1ccc(Br)nc1NC(=O)[C@@H]1C[C@@]2(COS(C)(=O)=O)C[C@@H]2N1C(=O)OC(C)(C)C. The maximum atomic E-state index is 13.1. The second-order valence-electron chi connectivity index (χ2n) is 8.94. The first-order valence-electron chi connectivity index (χ1n) is 9.50. The molecule has 1 aromatic rings. The summed E-state index contributed by atoms with van der Waals surface area (Å²) in [5.41, 5.74) is -0.542. The zero-order valence-electron chi connectivity index (χ0n) is 17.6. The first kappa shape index (κ1) is 23.0. The Balaban J connectivity index is 1.83. The van der Waals surface area contributed by atoms with Gasteiger partial charge in [0, 0.05) is 11.5 Å². The molecule has 1 saturated heterocycles. The lowest BCUT2D eigenvalue weighted by molar-refractivity contribution is -0.121. The quantitative estimate of drug-likeness (QED) is 0.485.